The maximum absolute atomic E-state index is 3.90. The van der Waals surface area contributed by atoms with Crippen molar-refractivity contribution in [2.45, 2.75) is 36.9 Å². The van der Waals surface area contributed by atoms with Gasteiger partial charge in [0.05, 0.1) is 0 Å². The molecule has 1 aliphatic carbocycles. The Labute approximate surface area is 115 Å². The van der Waals surface area contributed by atoms with Gasteiger partial charge in [0.2, 0.25) is 0 Å². The topological polar surface area (TPSA) is 0 Å². The number of thiophene rings is 1. The van der Waals surface area contributed by atoms with Crippen LogP contribution in [-0.4, -0.2) is 0 Å². The Balaban J connectivity index is 1.82. The summed E-state index contributed by atoms with van der Waals surface area (Å²) in [6.07, 6.45) is 7.05. The number of benzene rings is 1. The van der Waals surface area contributed by atoms with E-state index >= 15 is 0 Å². The van der Waals surface area contributed by atoms with Crippen LogP contribution < -0.4 is 0 Å². The average Bonchev–Trinajstić information content (AvgIpc) is 2.96. The lowest BCUT2D eigenvalue weighted by Crippen LogP contribution is -1.98. The molecule has 0 amide bonds. The molecule has 0 bridgehead atoms. The van der Waals surface area contributed by atoms with E-state index in [2.05, 4.69) is 45.6 Å². The van der Waals surface area contributed by atoms with Gasteiger partial charge in [-0.15, -0.1) is 11.3 Å². The minimum Gasteiger partial charge on any atom is -0.143 e. The maximum Gasteiger partial charge on any atom is 0.0412 e. The molecule has 0 nitrogen and oxygen atoms in total. The third-order valence-electron chi connectivity index (χ3n) is 3.86. The van der Waals surface area contributed by atoms with Gasteiger partial charge in [0.25, 0.3) is 0 Å². The summed E-state index contributed by atoms with van der Waals surface area (Å²) in [5, 5.41) is 3.77. The van der Waals surface area contributed by atoms with Gasteiger partial charge in [-0.2, -0.15) is 0 Å². The zero-order valence-electron chi connectivity index (χ0n) is 9.86. The summed E-state index contributed by atoms with van der Waals surface area (Å²) < 4.78 is 1.42. The first-order chi connectivity index (χ1) is 8.34. The lowest BCUT2D eigenvalue weighted by atomic mass is 9.98. The molecule has 1 aliphatic rings. The molecular formula is C15H17BrS. The van der Waals surface area contributed by atoms with E-state index in [1.54, 1.807) is 0 Å². The van der Waals surface area contributed by atoms with Gasteiger partial charge in [0.15, 0.2) is 0 Å². The number of halogens is 1. The van der Waals surface area contributed by atoms with Crippen molar-refractivity contribution in [3.05, 3.63) is 35.2 Å². The maximum atomic E-state index is 3.90. The lowest BCUT2D eigenvalue weighted by molar-refractivity contribution is 0.503. The summed E-state index contributed by atoms with van der Waals surface area (Å²) in [5.41, 5.74) is 1.50. The minimum absolute atomic E-state index is 0.543. The van der Waals surface area contributed by atoms with Gasteiger partial charge in [-0.25, -0.2) is 0 Å². The van der Waals surface area contributed by atoms with Crippen molar-refractivity contribution >= 4 is 37.4 Å². The third kappa shape index (κ3) is 2.43. The highest BCUT2D eigenvalue weighted by Crippen LogP contribution is 2.41. The number of rotatable bonds is 3. The molecule has 0 spiro atoms. The minimum atomic E-state index is 0.543. The van der Waals surface area contributed by atoms with Crippen molar-refractivity contribution in [3.63, 3.8) is 0 Å². The van der Waals surface area contributed by atoms with Crippen molar-refractivity contribution < 1.29 is 0 Å². The molecule has 1 aromatic heterocycles. The van der Waals surface area contributed by atoms with Crippen LogP contribution in [0.3, 0.4) is 0 Å². The van der Waals surface area contributed by atoms with Crippen LogP contribution in [0.1, 0.15) is 42.5 Å². The Kier molecular flexibility index (Phi) is 3.53. The fraction of sp³-hybridized carbons (Fsp3) is 0.467. The Morgan fingerprint density at radius 3 is 2.82 bits per heavy atom. The van der Waals surface area contributed by atoms with Crippen LogP contribution in [0.5, 0.6) is 0 Å². The quantitative estimate of drug-likeness (QED) is 0.618. The second kappa shape index (κ2) is 5.11. The van der Waals surface area contributed by atoms with Crippen LogP contribution in [0.2, 0.25) is 0 Å². The Morgan fingerprint density at radius 2 is 2.00 bits per heavy atom. The summed E-state index contributed by atoms with van der Waals surface area (Å²) in [6, 6.07) is 8.75. The predicted octanol–water partition coefficient (Wildman–Crippen LogP) is 5.92. The fourth-order valence-electron chi connectivity index (χ4n) is 2.91. The van der Waals surface area contributed by atoms with Crippen LogP contribution in [0.25, 0.3) is 10.1 Å². The molecule has 2 heteroatoms. The number of hydrogen-bond acceptors (Lipinski definition) is 1. The summed E-state index contributed by atoms with van der Waals surface area (Å²) in [6.45, 7) is 0. The SMILES string of the molecule is BrC(CC1CCCC1)c1csc2ccccc12. The molecule has 2 aromatic rings. The Bertz CT molecular complexity index is 496. The zero-order chi connectivity index (χ0) is 11.7. The Morgan fingerprint density at radius 1 is 1.24 bits per heavy atom. The highest BCUT2D eigenvalue weighted by molar-refractivity contribution is 9.09. The van der Waals surface area contributed by atoms with Crippen molar-refractivity contribution in [2.75, 3.05) is 0 Å². The van der Waals surface area contributed by atoms with Crippen molar-refractivity contribution in [3.8, 4) is 0 Å². The van der Waals surface area contributed by atoms with Gasteiger partial charge >= 0.3 is 0 Å². The summed E-state index contributed by atoms with van der Waals surface area (Å²) in [4.78, 5) is 0.543. The standard InChI is InChI=1S/C15H17BrS/c16-14(9-11-5-1-2-6-11)13-10-17-15-8-4-3-7-12(13)15/h3-4,7-8,10-11,14H,1-2,5-6,9H2. The fourth-order valence-corrected chi connectivity index (χ4v) is 5.00. The second-order valence-electron chi connectivity index (χ2n) is 5.04. The van der Waals surface area contributed by atoms with Crippen LogP contribution >= 0.6 is 27.3 Å². The van der Waals surface area contributed by atoms with Gasteiger partial charge in [-0.05, 0) is 34.7 Å². The highest BCUT2D eigenvalue weighted by atomic mass is 79.9. The molecule has 90 valence electrons. The van der Waals surface area contributed by atoms with Crippen LogP contribution in [-0.2, 0) is 0 Å². The van der Waals surface area contributed by atoms with Gasteiger partial charge in [0, 0.05) is 9.53 Å². The molecule has 0 radical (unpaired) electrons. The van der Waals surface area contributed by atoms with E-state index < -0.39 is 0 Å². The number of fused-ring (bicyclic) bond motifs is 1. The lowest BCUT2D eigenvalue weighted by Gasteiger charge is -2.14. The molecule has 3 rings (SSSR count). The molecule has 0 N–H and O–H groups in total. The molecule has 1 heterocycles. The molecule has 0 aliphatic heterocycles. The van der Waals surface area contributed by atoms with Crippen molar-refractivity contribution in [1.29, 1.82) is 0 Å². The summed E-state index contributed by atoms with van der Waals surface area (Å²) in [7, 11) is 0. The predicted molar refractivity (Wildman–Crippen MR) is 80.1 cm³/mol. The molecule has 1 atom stereocenters. The summed E-state index contributed by atoms with van der Waals surface area (Å²) in [5.74, 6) is 0.943. The first-order valence-corrected chi connectivity index (χ1v) is 8.24. The van der Waals surface area contributed by atoms with Crippen molar-refractivity contribution in [1.82, 2.24) is 0 Å². The van der Waals surface area contributed by atoms with E-state index in [0.717, 1.165) is 5.92 Å². The van der Waals surface area contributed by atoms with Crippen LogP contribution in [0.4, 0.5) is 0 Å². The highest BCUT2D eigenvalue weighted by Gasteiger charge is 2.21. The Hall–Kier alpha value is -0.340. The van der Waals surface area contributed by atoms with Crippen LogP contribution in [0, 0.1) is 5.92 Å². The molecular weight excluding hydrogens is 292 g/mol. The molecule has 1 unspecified atom stereocenters. The molecule has 1 fully saturated rings. The molecule has 0 saturated heterocycles. The van der Waals surface area contributed by atoms with Crippen LogP contribution in [0.15, 0.2) is 29.6 Å². The third-order valence-corrected chi connectivity index (χ3v) is 5.71. The largest absolute Gasteiger partial charge is 0.143 e. The molecule has 17 heavy (non-hydrogen) atoms. The zero-order valence-corrected chi connectivity index (χ0v) is 12.3. The van der Waals surface area contributed by atoms with Crippen molar-refractivity contribution in [2.24, 2.45) is 5.92 Å². The van der Waals surface area contributed by atoms with Gasteiger partial charge in [-0.3, -0.25) is 0 Å². The van der Waals surface area contributed by atoms with E-state index in [4.69, 9.17) is 0 Å². The van der Waals surface area contributed by atoms with E-state index in [9.17, 15) is 0 Å². The first-order valence-electron chi connectivity index (χ1n) is 6.45. The smallest absolute Gasteiger partial charge is 0.0412 e. The summed E-state index contributed by atoms with van der Waals surface area (Å²) >= 11 is 5.77. The van der Waals surface area contributed by atoms with E-state index in [1.165, 1.54) is 47.8 Å². The monoisotopic (exact) mass is 308 g/mol. The van der Waals surface area contributed by atoms with Gasteiger partial charge in [0.1, 0.15) is 0 Å². The average molecular weight is 309 g/mol. The first kappa shape index (κ1) is 11.7. The second-order valence-corrected chi connectivity index (χ2v) is 7.06. The molecule has 1 aromatic carbocycles. The van der Waals surface area contributed by atoms with Gasteiger partial charge in [-0.1, -0.05) is 59.8 Å². The van der Waals surface area contributed by atoms with Gasteiger partial charge < -0.3 is 0 Å². The van der Waals surface area contributed by atoms with E-state index in [0.29, 0.717) is 4.83 Å². The number of hydrogen-bond donors (Lipinski definition) is 0. The number of alkyl halides is 1. The normalized spacial score (nSPS) is 18.9. The van der Waals surface area contributed by atoms with E-state index in [-0.39, 0.29) is 0 Å². The molecule has 1 saturated carbocycles. The van der Waals surface area contributed by atoms with E-state index in [1.807, 2.05) is 11.3 Å².